The molecule has 102 valence electrons. The van der Waals surface area contributed by atoms with E-state index in [4.69, 9.17) is 0 Å². The van der Waals surface area contributed by atoms with Crippen molar-refractivity contribution in [2.24, 2.45) is 23.7 Å². The molecule has 3 heteroatoms. The third-order valence-electron chi connectivity index (χ3n) is 4.95. The van der Waals surface area contributed by atoms with Crippen LogP contribution in [0.5, 0.6) is 0 Å². The molecule has 2 unspecified atom stereocenters. The molecule has 3 nitrogen and oxygen atoms in total. The first-order chi connectivity index (χ1) is 8.74. The van der Waals surface area contributed by atoms with E-state index in [2.05, 4.69) is 17.6 Å². The number of nitrogens with one attached hydrogen (secondary N) is 2. The number of carbonyl (C=O) groups excluding carboxylic acids is 1. The lowest BCUT2D eigenvalue weighted by Gasteiger charge is -2.28. The normalized spacial score (nSPS) is 32.6. The monoisotopic (exact) mass is 250 g/mol. The molecule has 1 heterocycles. The maximum Gasteiger partial charge on any atom is 0.237 e. The summed E-state index contributed by atoms with van der Waals surface area (Å²) in [5.74, 6) is 3.57. The van der Waals surface area contributed by atoms with E-state index < -0.39 is 0 Å². The number of amides is 1. The van der Waals surface area contributed by atoms with Crippen LogP contribution in [0.4, 0.5) is 0 Å². The van der Waals surface area contributed by atoms with Crippen LogP contribution in [0.2, 0.25) is 0 Å². The molecule has 3 aliphatic rings. The largest absolute Gasteiger partial charge is 0.354 e. The molecule has 0 aromatic carbocycles. The molecule has 1 aliphatic heterocycles. The lowest BCUT2D eigenvalue weighted by molar-refractivity contribution is -0.124. The minimum absolute atomic E-state index is 0.0628. The fourth-order valence-electron chi connectivity index (χ4n) is 3.42. The topological polar surface area (TPSA) is 41.1 Å². The van der Waals surface area contributed by atoms with Gasteiger partial charge in [-0.25, -0.2) is 0 Å². The van der Waals surface area contributed by atoms with Crippen LogP contribution in [0.3, 0.4) is 0 Å². The number of carbonyl (C=O) groups is 1. The van der Waals surface area contributed by atoms with Crippen LogP contribution in [-0.4, -0.2) is 25.0 Å². The van der Waals surface area contributed by atoms with Crippen LogP contribution in [0, 0.1) is 23.7 Å². The second-order valence-electron chi connectivity index (χ2n) is 6.72. The molecule has 0 radical (unpaired) electrons. The fourth-order valence-corrected chi connectivity index (χ4v) is 3.42. The summed E-state index contributed by atoms with van der Waals surface area (Å²) in [5.41, 5.74) is 0. The van der Waals surface area contributed by atoms with Crippen molar-refractivity contribution in [2.75, 3.05) is 13.1 Å². The SMILES string of the molecule is CC1CCNC(C(=O)NCC(C2CC2)C2CC2)C1. The van der Waals surface area contributed by atoms with Crippen molar-refractivity contribution in [1.29, 1.82) is 0 Å². The molecule has 0 aromatic rings. The van der Waals surface area contributed by atoms with Crippen LogP contribution in [0.1, 0.15) is 45.4 Å². The average molecular weight is 250 g/mol. The first-order valence-electron chi connectivity index (χ1n) is 7.75. The minimum atomic E-state index is 0.0628. The van der Waals surface area contributed by atoms with Gasteiger partial charge in [0.15, 0.2) is 0 Å². The van der Waals surface area contributed by atoms with E-state index >= 15 is 0 Å². The Morgan fingerprint density at radius 1 is 1.22 bits per heavy atom. The van der Waals surface area contributed by atoms with Gasteiger partial charge in [-0.15, -0.1) is 0 Å². The summed E-state index contributed by atoms with van der Waals surface area (Å²) in [6.45, 7) is 4.17. The fraction of sp³-hybridized carbons (Fsp3) is 0.933. The van der Waals surface area contributed by atoms with Crippen molar-refractivity contribution in [3.8, 4) is 0 Å². The Bertz CT molecular complexity index is 298. The third kappa shape index (κ3) is 3.05. The summed E-state index contributed by atoms with van der Waals surface area (Å²) >= 11 is 0. The highest BCUT2D eigenvalue weighted by molar-refractivity contribution is 5.81. The highest BCUT2D eigenvalue weighted by Crippen LogP contribution is 2.48. The van der Waals surface area contributed by atoms with Crippen molar-refractivity contribution in [2.45, 2.75) is 51.5 Å². The number of hydrogen-bond acceptors (Lipinski definition) is 2. The summed E-state index contributed by atoms with van der Waals surface area (Å²) in [6.07, 6.45) is 7.80. The van der Waals surface area contributed by atoms with Crippen molar-refractivity contribution < 1.29 is 4.79 Å². The molecule has 1 saturated heterocycles. The Balaban J connectivity index is 1.45. The predicted octanol–water partition coefficient (Wildman–Crippen LogP) is 1.93. The Hall–Kier alpha value is -0.570. The van der Waals surface area contributed by atoms with E-state index in [1.54, 1.807) is 0 Å². The van der Waals surface area contributed by atoms with E-state index in [0.29, 0.717) is 5.92 Å². The van der Waals surface area contributed by atoms with E-state index in [9.17, 15) is 4.79 Å². The Labute approximate surface area is 110 Å². The molecule has 0 aromatic heterocycles. The zero-order valence-corrected chi connectivity index (χ0v) is 11.5. The van der Waals surface area contributed by atoms with Gasteiger partial charge in [0.2, 0.25) is 5.91 Å². The molecule has 0 spiro atoms. The van der Waals surface area contributed by atoms with Gasteiger partial charge in [-0.05, 0) is 68.7 Å². The standard InChI is InChI=1S/C15H26N2O/c1-10-6-7-16-14(8-10)15(18)17-9-13(11-2-3-11)12-4-5-12/h10-14,16H,2-9H2,1H3,(H,17,18). The third-order valence-corrected chi connectivity index (χ3v) is 4.95. The molecule has 2 atom stereocenters. The maximum atomic E-state index is 12.2. The van der Waals surface area contributed by atoms with Crippen molar-refractivity contribution >= 4 is 5.91 Å². The van der Waals surface area contributed by atoms with Crippen molar-refractivity contribution in [3.63, 3.8) is 0 Å². The molecule has 0 bridgehead atoms. The zero-order valence-electron chi connectivity index (χ0n) is 11.5. The lowest BCUT2D eigenvalue weighted by Crippen LogP contribution is -2.49. The van der Waals surface area contributed by atoms with E-state index in [1.165, 1.54) is 32.1 Å². The molecule has 1 amide bonds. The van der Waals surface area contributed by atoms with Crippen LogP contribution in [-0.2, 0) is 4.79 Å². The first-order valence-corrected chi connectivity index (χ1v) is 7.75. The van der Waals surface area contributed by atoms with Gasteiger partial charge in [-0.3, -0.25) is 4.79 Å². The maximum absolute atomic E-state index is 12.2. The van der Waals surface area contributed by atoms with E-state index in [0.717, 1.165) is 37.3 Å². The van der Waals surface area contributed by atoms with Gasteiger partial charge in [0.25, 0.3) is 0 Å². The van der Waals surface area contributed by atoms with Crippen LogP contribution < -0.4 is 10.6 Å². The molecular formula is C15H26N2O. The van der Waals surface area contributed by atoms with Gasteiger partial charge >= 0.3 is 0 Å². The first kappa shape index (κ1) is 12.5. The van der Waals surface area contributed by atoms with E-state index in [1.807, 2.05) is 0 Å². The molecule has 2 N–H and O–H groups in total. The summed E-state index contributed by atoms with van der Waals surface area (Å²) in [4.78, 5) is 12.2. The van der Waals surface area contributed by atoms with Gasteiger partial charge in [0, 0.05) is 6.54 Å². The lowest BCUT2D eigenvalue weighted by atomic mass is 9.93. The highest BCUT2D eigenvalue weighted by Gasteiger charge is 2.41. The predicted molar refractivity (Wildman–Crippen MR) is 72.1 cm³/mol. The second kappa shape index (κ2) is 5.20. The summed E-state index contributed by atoms with van der Waals surface area (Å²) in [5, 5.41) is 6.56. The zero-order chi connectivity index (χ0) is 12.5. The van der Waals surface area contributed by atoms with Crippen LogP contribution >= 0.6 is 0 Å². The van der Waals surface area contributed by atoms with Gasteiger partial charge in [-0.1, -0.05) is 6.92 Å². The van der Waals surface area contributed by atoms with Gasteiger partial charge in [0.1, 0.15) is 0 Å². The summed E-state index contributed by atoms with van der Waals surface area (Å²) < 4.78 is 0. The quantitative estimate of drug-likeness (QED) is 0.783. The molecule has 3 fully saturated rings. The molecule has 2 aliphatic carbocycles. The molecule has 3 rings (SSSR count). The molecule has 2 saturated carbocycles. The van der Waals surface area contributed by atoms with Gasteiger partial charge in [0.05, 0.1) is 6.04 Å². The number of piperidine rings is 1. The Morgan fingerprint density at radius 3 is 2.44 bits per heavy atom. The minimum Gasteiger partial charge on any atom is -0.354 e. The Kier molecular flexibility index (Phi) is 3.60. The van der Waals surface area contributed by atoms with Gasteiger partial charge < -0.3 is 10.6 Å². The average Bonchev–Trinajstić information content (AvgIpc) is 3.23. The van der Waals surface area contributed by atoms with E-state index in [-0.39, 0.29) is 11.9 Å². The number of rotatable bonds is 5. The van der Waals surface area contributed by atoms with Gasteiger partial charge in [-0.2, -0.15) is 0 Å². The second-order valence-corrected chi connectivity index (χ2v) is 6.72. The van der Waals surface area contributed by atoms with Crippen LogP contribution in [0.15, 0.2) is 0 Å². The summed E-state index contributed by atoms with van der Waals surface area (Å²) in [7, 11) is 0. The van der Waals surface area contributed by atoms with Crippen LogP contribution in [0.25, 0.3) is 0 Å². The Morgan fingerprint density at radius 2 is 1.89 bits per heavy atom. The van der Waals surface area contributed by atoms with Crippen molar-refractivity contribution in [1.82, 2.24) is 10.6 Å². The smallest absolute Gasteiger partial charge is 0.237 e. The number of hydrogen-bond donors (Lipinski definition) is 2. The highest BCUT2D eigenvalue weighted by atomic mass is 16.2. The molecule has 18 heavy (non-hydrogen) atoms. The van der Waals surface area contributed by atoms with Crippen molar-refractivity contribution in [3.05, 3.63) is 0 Å². The molecular weight excluding hydrogens is 224 g/mol. The summed E-state index contributed by atoms with van der Waals surface area (Å²) in [6, 6.07) is 0.0628.